The summed E-state index contributed by atoms with van der Waals surface area (Å²) in [7, 11) is 0. The molecule has 0 aliphatic heterocycles. The monoisotopic (exact) mass is 336 g/mol. The Kier molecular flexibility index (Phi) is 4.35. The summed E-state index contributed by atoms with van der Waals surface area (Å²) >= 11 is 0. The van der Waals surface area contributed by atoms with Crippen LogP contribution in [0.1, 0.15) is 42.5 Å². The Morgan fingerprint density at radius 1 is 1.04 bits per heavy atom. The van der Waals surface area contributed by atoms with E-state index in [9.17, 15) is 4.79 Å². The van der Waals surface area contributed by atoms with Gasteiger partial charge in [-0.15, -0.1) is 0 Å². The zero-order valence-electron chi connectivity index (χ0n) is 14.5. The fourth-order valence-electron chi connectivity index (χ4n) is 2.45. The topological polar surface area (TPSA) is 91.0 Å². The van der Waals surface area contributed by atoms with Crippen LogP contribution in [-0.2, 0) is 11.2 Å². The number of pyridine rings is 1. The second-order valence-electron chi connectivity index (χ2n) is 6.76. The summed E-state index contributed by atoms with van der Waals surface area (Å²) in [5.74, 6) is -0.290. The van der Waals surface area contributed by atoms with Gasteiger partial charge in [-0.2, -0.15) is 0 Å². The van der Waals surface area contributed by atoms with Crippen molar-refractivity contribution in [1.82, 2.24) is 15.0 Å². The van der Waals surface area contributed by atoms with Gasteiger partial charge in [-0.05, 0) is 38.5 Å². The van der Waals surface area contributed by atoms with E-state index in [1.807, 2.05) is 51.1 Å². The van der Waals surface area contributed by atoms with Crippen molar-refractivity contribution >= 4 is 23.0 Å². The van der Waals surface area contributed by atoms with Crippen LogP contribution in [0.4, 0.5) is 5.95 Å². The molecule has 0 fully saturated rings. The lowest BCUT2D eigenvalue weighted by molar-refractivity contribution is 0.00633. The number of ether oxygens (including phenoxy) is 1. The van der Waals surface area contributed by atoms with Gasteiger partial charge in [0.1, 0.15) is 16.8 Å². The SMILES string of the molecule is CC(C)(C)OC(=O)c1ccc2nc(N)nc(Cc3ccccc3)c2n1. The van der Waals surface area contributed by atoms with Gasteiger partial charge < -0.3 is 10.5 Å². The number of carbonyl (C=O) groups excluding carboxylic acids is 1. The van der Waals surface area contributed by atoms with Crippen LogP contribution in [-0.4, -0.2) is 26.5 Å². The normalized spacial score (nSPS) is 11.5. The highest BCUT2D eigenvalue weighted by molar-refractivity contribution is 5.91. The lowest BCUT2D eigenvalue weighted by Gasteiger charge is -2.19. The maximum absolute atomic E-state index is 12.3. The third kappa shape index (κ3) is 4.09. The van der Waals surface area contributed by atoms with Crippen LogP contribution >= 0.6 is 0 Å². The van der Waals surface area contributed by atoms with Crippen molar-refractivity contribution in [3.05, 3.63) is 59.4 Å². The average Bonchev–Trinajstić information content (AvgIpc) is 2.53. The van der Waals surface area contributed by atoms with Gasteiger partial charge in [0.15, 0.2) is 0 Å². The molecule has 128 valence electrons. The lowest BCUT2D eigenvalue weighted by atomic mass is 10.1. The van der Waals surface area contributed by atoms with Gasteiger partial charge in [0, 0.05) is 6.42 Å². The van der Waals surface area contributed by atoms with Gasteiger partial charge in [0.2, 0.25) is 5.95 Å². The molecule has 0 amide bonds. The molecule has 25 heavy (non-hydrogen) atoms. The minimum absolute atomic E-state index is 0.185. The highest BCUT2D eigenvalue weighted by Gasteiger charge is 2.20. The summed E-state index contributed by atoms with van der Waals surface area (Å²) in [6.45, 7) is 5.45. The summed E-state index contributed by atoms with van der Waals surface area (Å²) in [6.07, 6.45) is 0.550. The molecule has 2 N–H and O–H groups in total. The molecule has 3 aromatic rings. The van der Waals surface area contributed by atoms with Crippen molar-refractivity contribution in [3.63, 3.8) is 0 Å². The predicted octanol–water partition coefficient (Wildman–Crippen LogP) is 3.15. The highest BCUT2D eigenvalue weighted by atomic mass is 16.6. The quantitative estimate of drug-likeness (QED) is 0.739. The summed E-state index contributed by atoms with van der Waals surface area (Å²) in [6, 6.07) is 13.2. The van der Waals surface area contributed by atoms with Crippen molar-refractivity contribution in [2.75, 3.05) is 5.73 Å². The first-order chi connectivity index (χ1) is 11.8. The van der Waals surface area contributed by atoms with Crippen molar-refractivity contribution in [2.24, 2.45) is 0 Å². The van der Waals surface area contributed by atoms with Gasteiger partial charge in [-0.3, -0.25) is 0 Å². The van der Waals surface area contributed by atoms with E-state index in [1.165, 1.54) is 0 Å². The lowest BCUT2D eigenvalue weighted by Crippen LogP contribution is -2.24. The average molecular weight is 336 g/mol. The smallest absolute Gasteiger partial charge is 0.357 e. The molecule has 0 bridgehead atoms. The fourth-order valence-corrected chi connectivity index (χ4v) is 2.45. The van der Waals surface area contributed by atoms with Crippen LogP contribution in [0.5, 0.6) is 0 Å². The third-order valence-corrected chi connectivity index (χ3v) is 3.45. The van der Waals surface area contributed by atoms with Crippen LogP contribution < -0.4 is 5.73 Å². The van der Waals surface area contributed by atoms with Gasteiger partial charge in [-0.25, -0.2) is 19.7 Å². The molecular formula is C19H20N4O2. The second-order valence-corrected chi connectivity index (χ2v) is 6.76. The van der Waals surface area contributed by atoms with E-state index >= 15 is 0 Å². The number of fused-ring (bicyclic) bond motifs is 1. The van der Waals surface area contributed by atoms with E-state index in [-0.39, 0.29) is 11.6 Å². The van der Waals surface area contributed by atoms with E-state index in [1.54, 1.807) is 12.1 Å². The van der Waals surface area contributed by atoms with Crippen LogP contribution in [0, 0.1) is 0 Å². The van der Waals surface area contributed by atoms with Crippen LogP contribution in [0.25, 0.3) is 11.0 Å². The van der Waals surface area contributed by atoms with Gasteiger partial charge in [0.25, 0.3) is 0 Å². The highest BCUT2D eigenvalue weighted by Crippen LogP contribution is 2.20. The number of aromatic nitrogens is 3. The number of carbonyl (C=O) groups is 1. The minimum Gasteiger partial charge on any atom is -0.455 e. The predicted molar refractivity (Wildman–Crippen MR) is 96.2 cm³/mol. The second kappa shape index (κ2) is 6.47. The van der Waals surface area contributed by atoms with Gasteiger partial charge in [0.05, 0.1) is 11.2 Å². The molecule has 2 heterocycles. The molecule has 2 aromatic heterocycles. The minimum atomic E-state index is -0.585. The van der Waals surface area contributed by atoms with E-state index < -0.39 is 11.6 Å². The van der Waals surface area contributed by atoms with E-state index in [0.29, 0.717) is 23.1 Å². The first-order valence-corrected chi connectivity index (χ1v) is 8.02. The zero-order valence-corrected chi connectivity index (χ0v) is 14.5. The number of benzene rings is 1. The van der Waals surface area contributed by atoms with Crippen molar-refractivity contribution < 1.29 is 9.53 Å². The fraction of sp³-hybridized carbons (Fsp3) is 0.263. The molecule has 0 aliphatic carbocycles. The molecule has 0 aliphatic rings. The van der Waals surface area contributed by atoms with Crippen LogP contribution in [0.3, 0.4) is 0 Å². The molecule has 0 radical (unpaired) electrons. The number of nitrogens with zero attached hydrogens (tertiary/aromatic N) is 3. The number of rotatable bonds is 3. The molecule has 3 rings (SSSR count). The Hall–Kier alpha value is -3.02. The molecule has 0 spiro atoms. The van der Waals surface area contributed by atoms with Crippen molar-refractivity contribution in [1.29, 1.82) is 0 Å². The third-order valence-electron chi connectivity index (χ3n) is 3.45. The Bertz CT molecular complexity index is 918. The first-order valence-electron chi connectivity index (χ1n) is 8.02. The van der Waals surface area contributed by atoms with Crippen LogP contribution in [0.2, 0.25) is 0 Å². The van der Waals surface area contributed by atoms with Crippen LogP contribution in [0.15, 0.2) is 42.5 Å². The Balaban J connectivity index is 2.04. The molecule has 0 atom stereocenters. The van der Waals surface area contributed by atoms with Crippen molar-refractivity contribution in [3.8, 4) is 0 Å². The summed E-state index contributed by atoms with van der Waals surface area (Å²) in [5.41, 5.74) is 8.37. The molecule has 0 saturated heterocycles. The number of nitrogens with two attached hydrogens (primary N) is 1. The number of anilines is 1. The summed E-state index contributed by atoms with van der Waals surface area (Å²) < 4.78 is 5.39. The standard InChI is InChI=1S/C19H20N4O2/c1-19(2,3)25-17(24)14-10-9-13-16(21-14)15(23-18(20)22-13)11-12-7-5-4-6-8-12/h4-10H,11H2,1-3H3,(H2,20,22,23). The molecule has 0 unspecified atom stereocenters. The van der Waals surface area contributed by atoms with Crippen molar-refractivity contribution in [2.45, 2.75) is 32.8 Å². The number of esters is 1. The number of hydrogen-bond donors (Lipinski definition) is 1. The summed E-state index contributed by atoms with van der Waals surface area (Å²) in [4.78, 5) is 25.3. The largest absolute Gasteiger partial charge is 0.455 e. The van der Waals surface area contributed by atoms with E-state index in [0.717, 1.165) is 5.56 Å². The molecule has 0 saturated carbocycles. The Morgan fingerprint density at radius 3 is 2.44 bits per heavy atom. The van der Waals surface area contributed by atoms with E-state index in [4.69, 9.17) is 10.5 Å². The van der Waals surface area contributed by atoms with E-state index in [2.05, 4.69) is 15.0 Å². The maximum Gasteiger partial charge on any atom is 0.357 e. The number of hydrogen-bond acceptors (Lipinski definition) is 6. The summed E-state index contributed by atoms with van der Waals surface area (Å²) in [5, 5.41) is 0. The molecule has 6 heteroatoms. The Labute approximate surface area is 146 Å². The first kappa shape index (κ1) is 16.8. The Morgan fingerprint density at radius 2 is 1.76 bits per heavy atom. The van der Waals surface area contributed by atoms with Gasteiger partial charge in [-0.1, -0.05) is 30.3 Å². The molecule has 1 aromatic carbocycles. The number of nitrogen functional groups attached to an aromatic ring is 1. The zero-order chi connectivity index (χ0) is 18.0. The van der Waals surface area contributed by atoms with Gasteiger partial charge >= 0.3 is 5.97 Å². The molecule has 6 nitrogen and oxygen atoms in total. The molecular weight excluding hydrogens is 316 g/mol. The maximum atomic E-state index is 12.3.